The molecule has 0 fully saturated rings. The first-order valence-corrected chi connectivity index (χ1v) is 9.62. The zero-order chi connectivity index (χ0) is 18.7. The maximum absolute atomic E-state index is 2.31. The van der Waals surface area contributed by atoms with E-state index < -0.39 is 0 Å². The van der Waals surface area contributed by atoms with E-state index >= 15 is 0 Å². The van der Waals surface area contributed by atoms with Crippen LogP contribution in [0.3, 0.4) is 0 Å². The molecule has 1 nitrogen and oxygen atoms in total. The molecule has 0 saturated heterocycles. The second-order valence-electron chi connectivity index (χ2n) is 5.92. The van der Waals surface area contributed by atoms with E-state index in [1.807, 2.05) is 27.7 Å². The Hall–Kier alpha value is -2.80. The molecule has 0 N–H and O–H groups in total. The Morgan fingerprint density at radius 3 is 1.31 bits per heavy atom. The molecule has 26 heavy (non-hydrogen) atoms. The summed E-state index contributed by atoms with van der Waals surface area (Å²) in [4.78, 5) is 0. The third-order valence-corrected chi connectivity index (χ3v) is 4.79. The fraction of sp³-hybridized carbons (Fsp3) is 0.200. The van der Waals surface area contributed by atoms with Gasteiger partial charge in [0.25, 0.3) is 0 Å². The largest absolute Gasteiger partial charge is 0.344 e. The molecule has 5 aromatic rings. The maximum Gasteiger partial charge on any atom is 0.0495 e. The van der Waals surface area contributed by atoms with Crippen molar-refractivity contribution in [2.75, 3.05) is 0 Å². The number of rotatable bonds is 0. The number of hydrogen-bond donors (Lipinski definition) is 0. The Morgan fingerprint density at radius 2 is 0.885 bits per heavy atom. The van der Waals surface area contributed by atoms with Crippen molar-refractivity contribution >= 4 is 43.4 Å². The summed E-state index contributed by atoms with van der Waals surface area (Å²) < 4.78 is 2.31. The Bertz CT molecular complexity index is 1090. The van der Waals surface area contributed by atoms with Crippen molar-refractivity contribution in [3.8, 4) is 0 Å². The Morgan fingerprint density at radius 1 is 0.500 bits per heavy atom. The lowest BCUT2D eigenvalue weighted by atomic mass is 10.00. The summed E-state index contributed by atoms with van der Waals surface area (Å²) >= 11 is 0. The molecule has 0 bridgehead atoms. The van der Waals surface area contributed by atoms with Crippen LogP contribution in [0.5, 0.6) is 0 Å². The van der Waals surface area contributed by atoms with Gasteiger partial charge in [0.1, 0.15) is 0 Å². The summed E-state index contributed by atoms with van der Waals surface area (Å²) in [5.41, 5.74) is 2.59. The molecule has 4 aromatic carbocycles. The second-order valence-corrected chi connectivity index (χ2v) is 5.92. The SMILES string of the molecule is CC.CC.Cn1c2ccc3ccccc3c2c2c3ccccc3ccc21. The zero-order valence-corrected chi connectivity index (χ0v) is 16.4. The molecule has 0 spiro atoms. The van der Waals surface area contributed by atoms with Crippen LogP contribution in [0.1, 0.15) is 27.7 Å². The van der Waals surface area contributed by atoms with Crippen LogP contribution in [-0.4, -0.2) is 4.57 Å². The number of fused-ring (bicyclic) bond motifs is 7. The summed E-state index contributed by atoms with van der Waals surface area (Å²) in [5.74, 6) is 0. The predicted molar refractivity (Wildman–Crippen MR) is 118 cm³/mol. The van der Waals surface area contributed by atoms with E-state index in [1.165, 1.54) is 43.4 Å². The lowest BCUT2D eigenvalue weighted by Crippen LogP contribution is -1.86. The first kappa shape index (κ1) is 18.0. The van der Waals surface area contributed by atoms with Gasteiger partial charge in [-0.25, -0.2) is 0 Å². The fourth-order valence-corrected chi connectivity index (χ4v) is 3.73. The molecule has 0 aliphatic heterocycles. The van der Waals surface area contributed by atoms with Crippen LogP contribution in [0.4, 0.5) is 0 Å². The molecule has 0 atom stereocenters. The van der Waals surface area contributed by atoms with Crippen molar-refractivity contribution in [1.29, 1.82) is 0 Å². The average Bonchev–Trinajstić information content (AvgIpc) is 3.04. The van der Waals surface area contributed by atoms with Crippen molar-refractivity contribution in [2.45, 2.75) is 27.7 Å². The summed E-state index contributed by atoms with van der Waals surface area (Å²) in [6.07, 6.45) is 0. The van der Waals surface area contributed by atoms with Gasteiger partial charge in [0.15, 0.2) is 0 Å². The highest BCUT2D eigenvalue weighted by Gasteiger charge is 2.13. The van der Waals surface area contributed by atoms with E-state index in [2.05, 4.69) is 84.4 Å². The molecule has 5 rings (SSSR count). The third-order valence-electron chi connectivity index (χ3n) is 4.79. The van der Waals surface area contributed by atoms with Gasteiger partial charge >= 0.3 is 0 Å². The van der Waals surface area contributed by atoms with Crippen molar-refractivity contribution < 1.29 is 0 Å². The van der Waals surface area contributed by atoms with Gasteiger partial charge < -0.3 is 4.57 Å². The van der Waals surface area contributed by atoms with Crippen LogP contribution < -0.4 is 0 Å². The monoisotopic (exact) mass is 341 g/mol. The summed E-state index contributed by atoms with van der Waals surface area (Å²) in [6, 6.07) is 26.3. The number of nitrogens with zero attached hydrogens (tertiary/aromatic N) is 1. The molecule has 132 valence electrons. The second kappa shape index (κ2) is 7.61. The molecular weight excluding hydrogens is 314 g/mol. The van der Waals surface area contributed by atoms with Crippen LogP contribution in [0.15, 0.2) is 72.8 Å². The molecular formula is C25H27N. The van der Waals surface area contributed by atoms with Crippen molar-refractivity contribution in [2.24, 2.45) is 7.05 Å². The average molecular weight is 341 g/mol. The van der Waals surface area contributed by atoms with Gasteiger partial charge in [-0.2, -0.15) is 0 Å². The highest BCUT2D eigenvalue weighted by Crippen LogP contribution is 2.37. The number of aryl methyl sites for hydroxylation is 1. The molecule has 0 radical (unpaired) electrons. The van der Waals surface area contributed by atoms with Gasteiger partial charge in [-0.1, -0.05) is 88.4 Å². The minimum Gasteiger partial charge on any atom is -0.344 e. The normalized spacial score (nSPS) is 10.5. The van der Waals surface area contributed by atoms with Crippen LogP contribution in [0.25, 0.3) is 43.4 Å². The van der Waals surface area contributed by atoms with Crippen LogP contribution in [-0.2, 0) is 7.05 Å². The quantitative estimate of drug-likeness (QED) is 0.272. The van der Waals surface area contributed by atoms with E-state index in [9.17, 15) is 0 Å². The first-order valence-electron chi connectivity index (χ1n) is 9.62. The topological polar surface area (TPSA) is 4.93 Å². The maximum atomic E-state index is 2.31. The fourth-order valence-electron chi connectivity index (χ4n) is 3.73. The van der Waals surface area contributed by atoms with Gasteiger partial charge in [0, 0.05) is 28.9 Å². The van der Waals surface area contributed by atoms with Crippen LogP contribution in [0.2, 0.25) is 0 Å². The van der Waals surface area contributed by atoms with E-state index in [-0.39, 0.29) is 0 Å². The number of hydrogen-bond acceptors (Lipinski definition) is 0. The molecule has 0 unspecified atom stereocenters. The van der Waals surface area contributed by atoms with Crippen molar-refractivity contribution in [3.05, 3.63) is 72.8 Å². The minimum absolute atomic E-state index is 1.30. The standard InChI is InChI=1S/C21H15N.2C2H6/c1-22-18-12-10-14-6-2-4-8-16(14)20(18)21-17-9-5-3-7-15(17)11-13-19(21)22;2*1-2/h2-13H,1H3;2*1-2H3. The summed E-state index contributed by atoms with van der Waals surface area (Å²) in [7, 11) is 2.16. The minimum atomic E-state index is 1.30. The summed E-state index contributed by atoms with van der Waals surface area (Å²) in [5, 5.41) is 8.01. The zero-order valence-electron chi connectivity index (χ0n) is 16.4. The molecule has 0 amide bonds. The Balaban J connectivity index is 0.000000461. The van der Waals surface area contributed by atoms with Gasteiger partial charge in [-0.3, -0.25) is 0 Å². The van der Waals surface area contributed by atoms with Crippen LogP contribution in [0, 0.1) is 0 Å². The smallest absolute Gasteiger partial charge is 0.0495 e. The molecule has 0 aliphatic carbocycles. The molecule has 1 heterocycles. The van der Waals surface area contributed by atoms with E-state index in [4.69, 9.17) is 0 Å². The van der Waals surface area contributed by atoms with E-state index in [1.54, 1.807) is 0 Å². The van der Waals surface area contributed by atoms with Gasteiger partial charge in [0.2, 0.25) is 0 Å². The Labute approximate surface area is 155 Å². The number of benzene rings is 4. The summed E-state index contributed by atoms with van der Waals surface area (Å²) in [6.45, 7) is 8.00. The molecule has 0 aliphatic rings. The van der Waals surface area contributed by atoms with E-state index in [0.29, 0.717) is 0 Å². The predicted octanol–water partition coefficient (Wildman–Crippen LogP) is 7.69. The van der Waals surface area contributed by atoms with Crippen LogP contribution >= 0.6 is 0 Å². The highest BCUT2D eigenvalue weighted by atomic mass is 14.9. The molecule has 0 saturated carbocycles. The Kier molecular flexibility index (Phi) is 5.27. The van der Waals surface area contributed by atoms with Crippen molar-refractivity contribution in [3.63, 3.8) is 0 Å². The molecule has 1 aromatic heterocycles. The molecule has 1 heteroatoms. The third kappa shape index (κ3) is 2.64. The number of aromatic nitrogens is 1. The van der Waals surface area contributed by atoms with Crippen molar-refractivity contribution in [1.82, 2.24) is 4.57 Å². The first-order chi connectivity index (χ1) is 12.8. The van der Waals surface area contributed by atoms with E-state index in [0.717, 1.165) is 0 Å². The lowest BCUT2D eigenvalue weighted by Gasteiger charge is -2.02. The van der Waals surface area contributed by atoms with Gasteiger partial charge in [0.05, 0.1) is 0 Å². The van der Waals surface area contributed by atoms with Gasteiger partial charge in [-0.15, -0.1) is 0 Å². The lowest BCUT2D eigenvalue weighted by molar-refractivity contribution is 1.02. The highest BCUT2D eigenvalue weighted by molar-refractivity contribution is 6.27. The van der Waals surface area contributed by atoms with Gasteiger partial charge in [-0.05, 0) is 33.7 Å².